The Morgan fingerprint density at radius 1 is 1.53 bits per heavy atom. The first-order valence-corrected chi connectivity index (χ1v) is 4.90. The van der Waals surface area contributed by atoms with Crippen LogP contribution in [0.5, 0.6) is 0 Å². The van der Waals surface area contributed by atoms with Crippen molar-refractivity contribution in [3.63, 3.8) is 0 Å². The van der Waals surface area contributed by atoms with Crippen molar-refractivity contribution in [2.24, 2.45) is 5.92 Å². The number of hydrogen-bond acceptors (Lipinski definition) is 2. The number of fused-ring (bicyclic) bond motifs is 1. The quantitative estimate of drug-likeness (QED) is 0.705. The lowest BCUT2D eigenvalue weighted by atomic mass is 10.1. The van der Waals surface area contributed by atoms with Crippen LogP contribution in [0.25, 0.3) is 0 Å². The molecule has 0 fully saturated rings. The van der Waals surface area contributed by atoms with Crippen LogP contribution >= 0.6 is 0 Å². The Morgan fingerprint density at radius 3 is 3.00 bits per heavy atom. The third-order valence-electron chi connectivity index (χ3n) is 2.67. The lowest BCUT2D eigenvalue weighted by Gasteiger charge is -2.18. The molecule has 0 aromatic heterocycles. The maximum atomic E-state index is 13.0. The molecule has 4 heteroatoms. The number of amides is 1. The highest BCUT2D eigenvalue weighted by atomic mass is 19.1. The van der Waals surface area contributed by atoms with E-state index in [9.17, 15) is 9.18 Å². The molecule has 0 aliphatic carbocycles. The van der Waals surface area contributed by atoms with Crippen molar-refractivity contribution in [1.82, 2.24) is 0 Å². The van der Waals surface area contributed by atoms with Crippen molar-refractivity contribution in [3.05, 3.63) is 24.0 Å². The second-order valence-corrected chi connectivity index (χ2v) is 3.84. The van der Waals surface area contributed by atoms with Crippen molar-refractivity contribution in [2.75, 3.05) is 23.8 Å². The molecular weight excluding hydrogens is 195 g/mol. The Hall–Kier alpha value is -1.58. The van der Waals surface area contributed by atoms with Crippen molar-refractivity contribution in [2.45, 2.75) is 6.92 Å². The molecule has 1 aromatic rings. The van der Waals surface area contributed by atoms with E-state index in [4.69, 9.17) is 0 Å². The first-order chi connectivity index (χ1) is 7.09. The number of carbonyl (C=O) groups excluding carboxylic acids is 1. The van der Waals surface area contributed by atoms with Crippen LogP contribution in [0.4, 0.5) is 15.8 Å². The fourth-order valence-electron chi connectivity index (χ4n) is 1.74. The van der Waals surface area contributed by atoms with Gasteiger partial charge in [0.05, 0.1) is 17.3 Å². The predicted molar refractivity (Wildman–Crippen MR) is 57.5 cm³/mol. The van der Waals surface area contributed by atoms with Crippen LogP contribution in [0.15, 0.2) is 18.2 Å². The van der Waals surface area contributed by atoms with E-state index in [-0.39, 0.29) is 17.6 Å². The number of carbonyl (C=O) groups is 1. The zero-order valence-electron chi connectivity index (χ0n) is 8.75. The number of nitrogens with zero attached hydrogens (tertiary/aromatic N) is 1. The van der Waals surface area contributed by atoms with E-state index in [2.05, 4.69) is 5.32 Å². The molecular formula is C11H13FN2O. The molecule has 1 aliphatic heterocycles. The molecule has 80 valence electrons. The number of benzene rings is 1. The van der Waals surface area contributed by atoms with Crippen LogP contribution < -0.4 is 10.2 Å². The molecule has 0 spiro atoms. The minimum atomic E-state index is -0.295. The topological polar surface area (TPSA) is 32.3 Å². The standard InChI is InChI=1S/C11H13FN2O/c1-7-6-13-9-5-8(12)3-4-10(9)14(2)11(7)15/h3-5,7,13H,6H2,1-2H3. The number of rotatable bonds is 0. The van der Waals surface area contributed by atoms with Crippen LogP contribution in [0, 0.1) is 11.7 Å². The van der Waals surface area contributed by atoms with Gasteiger partial charge in [0.1, 0.15) is 5.82 Å². The van der Waals surface area contributed by atoms with Crippen LogP contribution in [-0.2, 0) is 4.79 Å². The van der Waals surface area contributed by atoms with Gasteiger partial charge < -0.3 is 10.2 Å². The molecule has 1 N–H and O–H groups in total. The van der Waals surface area contributed by atoms with Gasteiger partial charge >= 0.3 is 0 Å². The SMILES string of the molecule is CC1CNc2cc(F)ccc2N(C)C1=O. The molecule has 0 bridgehead atoms. The molecule has 1 aliphatic rings. The average Bonchev–Trinajstić information content (AvgIpc) is 2.32. The lowest BCUT2D eigenvalue weighted by Crippen LogP contribution is -2.31. The first-order valence-electron chi connectivity index (χ1n) is 4.90. The highest BCUT2D eigenvalue weighted by molar-refractivity contribution is 5.99. The van der Waals surface area contributed by atoms with Gasteiger partial charge in [-0.05, 0) is 18.2 Å². The molecule has 2 rings (SSSR count). The van der Waals surface area contributed by atoms with Gasteiger partial charge in [-0.1, -0.05) is 6.92 Å². The summed E-state index contributed by atoms with van der Waals surface area (Å²) in [4.78, 5) is 13.4. The van der Waals surface area contributed by atoms with Gasteiger partial charge in [0.25, 0.3) is 0 Å². The molecule has 0 saturated carbocycles. The number of anilines is 2. The molecule has 15 heavy (non-hydrogen) atoms. The minimum absolute atomic E-state index is 0.0489. The third-order valence-corrected chi connectivity index (χ3v) is 2.67. The largest absolute Gasteiger partial charge is 0.382 e. The molecule has 1 aromatic carbocycles. The van der Waals surface area contributed by atoms with E-state index in [0.717, 1.165) is 5.69 Å². The predicted octanol–water partition coefficient (Wildman–Crippen LogP) is 1.85. The van der Waals surface area contributed by atoms with E-state index in [0.29, 0.717) is 12.2 Å². The van der Waals surface area contributed by atoms with Gasteiger partial charge in [0.2, 0.25) is 5.91 Å². The maximum absolute atomic E-state index is 13.0. The highest BCUT2D eigenvalue weighted by Crippen LogP contribution is 2.29. The Labute approximate surface area is 87.9 Å². The smallest absolute Gasteiger partial charge is 0.231 e. The molecule has 0 saturated heterocycles. The number of nitrogens with one attached hydrogen (secondary N) is 1. The summed E-state index contributed by atoms with van der Waals surface area (Å²) < 4.78 is 13.0. The van der Waals surface area contributed by atoms with Gasteiger partial charge in [-0.25, -0.2) is 4.39 Å². The summed E-state index contributed by atoms with van der Waals surface area (Å²) in [5.41, 5.74) is 1.40. The fraction of sp³-hybridized carbons (Fsp3) is 0.364. The van der Waals surface area contributed by atoms with Crippen molar-refractivity contribution in [3.8, 4) is 0 Å². The van der Waals surface area contributed by atoms with Crippen LogP contribution in [-0.4, -0.2) is 19.5 Å². The summed E-state index contributed by atoms with van der Waals surface area (Å²) in [6.07, 6.45) is 0. The Balaban J connectivity index is 2.47. The van der Waals surface area contributed by atoms with E-state index in [1.54, 1.807) is 18.0 Å². The Kier molecular flexibility index (Phi) is 2.34. The summed E-state index contributed by atoms with van der Waals surface area (Å²) in [5.74, 6) is -0.338. The summed E-state index contributed by atoms with van der Waals surface area (Å²) in [6.45, 7) is 2.40. The molecule has 1 amide bonds. The normalized spacial score (nSPS) is 20.6. The van der Waals surface area contributed by atoms with Gasteiger partial charge in [0, 0.05) is 13.6 Å². The zero-order valence-corrected chi connectivity index (χ0v) is 8.75. The molecule has 1 atom stereocenters. The van der Waals surface area contributed by atoms with Crippen molar-refractivity contribution < 1.29 is 9.18 Å². The third kappa shape index (κ3) is 1.67. The van der Waals surface area contributed by atoms with Gasteiger partial charge in [-0.3, -0.25) is 4.79 Å². The summed E-state index contributed by atoms with van der Waals surface area (Å²) in [7, 11) is 1.71. The van der Waals surface area contributed by atoms with Gasteiger partial charge in [-0.15, -0.1) is 0 Å². The van der Waals surface area contributed by atoms with Crippen LogP contribution in [0.2, 0.25) is 0 Å². The Morgan fingerprint density at radius 2 is 2.27 bits per heavy atom. The molecule has 1 unspecified atom stereocenters. The first kappa shape index (κ1) is 9.96. The van der Waals surface area contributed by atoms with Crippen molar-refractivity contribution >= 4 is 17.3 Å². The summed E-state index contributed by atoms with van der Waals surface area (Å²) in [6, 6.07) is 4.39. The molecule has 0 radical (unpaired) electrons. The van der Waals surface area contributed by atoms with Crippen molar-refractivity contribution in [1.29, 1.82) is 0 Å². The Bertz CT molecular complexity index is 406. The second kappa shape index (κ2) is 3.53. The van der Waals surface area contributed by atoms with Gasteiger partial charge in [0.15, 0.2) is 0 Å². The van der Waals surface area contributed by atoms with E-state index >= 15 is 0 Å². The number of hydrogen-bond donors (Lipinski definition) is 1. The van der Waals surface area contributed by atoms with Gasteiger partial charge in [-0.2, -0.15) is 0 Å². The lowest BCUT2D eigenvalue weighted by molar-refractivity contribution is -0.121. The average molecular weight is 208 g/mol. The molecule has 1 heterocycles. The second-order valence-electron chi connectivity index (χ2n) is 3.84. The van der Waals surface area contributed by atoms with E-state index in [1.807, 2.05) is 6.92 Å². The summed E-state index contributed by atoms with van der Waals surface area (Å²) >= 11 is 0. The molecule has 3 nitrogen and oxygen atoms in total. The zero-order chi connectivity index (χ0) is 11.0. The summed E-state index contributed by atoms with van der Waals surface area (Å²) in [5, 5.41) is 3.07. The maximum Gasteiger partial charge on any atom is 0.231 e. The van der Waals surface area contributed by atoms with Crippen LogP contribution in [0.1, 0.15) is 6.92 Å². The minimum Gasteiger partial charge on any atom is -0.382 e. The van der Waals surface area contributed by atoms with E-state index in [1.165, 1.54) is 12.1 Å². The van der Waals surface area contributed by atoms with Crippen LogP contribution in [0.3, 0.4) is 0 Å². The monoisotopic (exact) mass is 208 g/mol. The van der Waals surface area contributed by atoms with E-state index < -0.39 is 0 Å². The number of halogens is 1. The highest BCUT2D eigenvalue weighted by Gasteiger charge is 2.24. The fourth-order valence-corrected chi connectivity index (χ4v) is 1.74.